The first-order chi connectivity index (χ1) is 11.6. The zero-order chi connectivity index (χ0) is 16.9. The standard InChI is InChI=1S/C16H16FN5O2/c17-13-6-7-14(20-19-13)21-22-16(24)12-3-1-2-11(8-12)15(23)18-9-10-4-5-10/h1-3,6-8,10H,4-5,9H2,(H,18,23)(H,20,21)(H,22,24). The first-order valence-electron chi connectivity index (χ1n) is 7.55. The van der Waals surface area contributed by atoms with Gasteiger partial charge in [0.2, 0.25) is 5.95 Å². The van der Waals surface area contributed by atoms with Crippen LogP contribution >= 0.6 is 0 Å². The van der Waals surface area contributed by atoms with E-state index in [2.05, 4.69) is 26.4 Å². The van der Waals surface area contributed by atoms with Gasteiger partial charge < -0.3 is 5.32 Å². The van der Waals surface area contributed by atoms with Crippen molar-refractivity contribution in [3.05, 3.63) is 53.5 Å². The van der Waals surface area contributed by atoms with Crippen LogP contribution in [-0.2, 0) is 0 Å². The Kier molecular flexibility index (Phi) is 4.64. The average Bonchev–Trinajstić information content (AvgIpc) is 3.43. The van der Waals surface area contributed by atoms with Crippen molar-refractivity contribution in [2.45, 2.75) is 12.8 Å². The highest BCUT2D eigenvalue weighted by Gasteiger charge is 2.22. The summed E-state index contributed by atoms with van der Waals surface area (Å²) in [6.07, 6.45) is 2.31. The van der Waals surface area contributed by atoms with E-state index in [4.69, 9.17) is 0 Å². The summed E-state index contributed by atoms with van der Waals surface area (Å²) in [6, 6.07) is 8.84. The van der Waals surface area contributed by atoms with Gasteiger partial charge in [0.1, 0.15) is 0 Å². The number of hydrogen-bond acceptors (Lipinski definition) is 5. The van der Waals surface area contributed by atoms with Crippen LogP contribution in [0.3, 0.4) is 0 Å². The number of carbonyl (C=O) groups is 2. The van der Waals surface area contributed by atoms with Crippen molar-refractivity contribution < 1.29 is 14.0 Å². The number of halogens is 1. The summed E-state index contributed by atoms with van der Waals surface area (Å²) in [6.45, 7) is 0.667. The van der Waals surface area contributed by atoms with E-state index in [1.54, 1.807) is 18.2 Å². The first-order valence-corrected chi connectivity index (χ1v) is 7.55. The Morgan fingerprint density at radius 2 is 1.83 bits per heavy atom. The average molecular weight is 329 g/mol. The Hall–Kier alpha value is -3.03. The number of aromatic nitrogens is 2. The van der Waals surface area contributed by atoms with Crippen LogP contribution in [0.5, 0.6) is 0 Å². The second-order valence-corrected chi connectivity index (χ2v) is 5.55. The lowest BCUT2D eigenvalue weighted by atomic mass is 10.1. The number of anilines is 1. The van der Waals surface area contributed by atoms with Crippen molar-refractivity contribution in [2.75, 3.05) is 12.0 Å². The molecule has 0 atom stereocenters. The molecule has 1 aromatic carbocycles. The van der Waals surface area contributed by atoms with Crippen LogP contribution < -0.4 is 16.2 Å². The largest absolute Gasteiger partial charge is 0.352 e. The van der Waals surface area contributed by atoms with Gasteiger partial charge in [-0.05, 0) is 49.1 Å². The lowest BCUT2D eigenvalue weighted by Gasteiger charge is -2.08. The van der Waals surface area contributed by atoms with Crippen LogP contribution in [0.4, 0.5) is 10.2 Å². The number of rotatable bonds is 6. The number of hydrazine groups is 1. The Morgan fingerprint density at radius 3 is 2.50 bits per heavy atom. The van der Waals surface area contributed by atoms with Gasteiger partial charge in [-0.25, -0.2) is 0 Å². The molecule has 8 heteroatoms. The molecule has 0 aliphatic heterocycles. The molecule has 2 amide bonds. The monoisotopic (exact) mass is 329 g/mol. The molecule has 0 bridgehead atoms. The Morgan fingerprint density at radius 1 is 1.08 bits per heavy atom. The maximum Gasteiger partial charge on any atom is 0.269 e. The fourth-order valence-electron chi connectivity index (χ4n) is 2.04. The van der Waals surface area contributed by atoms with E-state index in [0.717, 1.165) is 18.9 Å². The molecule has 1 aliphatic rings. The van der Waals surface area contributed by atoms with Crippen LogP contribution in [0, 0.1) is 11.9 Å². The molecule has 24 heavy (non-hydrogen) atoms. The van der Waals surface area contributed by atoms with E-state index >= 15 is 0 Å². The van der Waals surface area contributed by atoms with Crippen molar-refractivity contribution in [3.8, 4) is 0 Å². The third kappa shape index (κ3) is 4.25. The van der Waals surface area contributed by atoms with Gasteiger partial charge in [0, 0.05) is 17.7 Å². The summed E-state index contributed by atoms with van der Waals surface area (Å²) in [5.41, 5.74) is 5.68. The smallest absolute Gasteiger partial charge is 0.269 e. The fourth-order valence-corrected chi connectivity index (χ4v) is 2.04. The SMILES string of the molecule is O=C(NCC1CC1)c1cccc(C(=O)NNc2ccc(F)nn2)c1. The van der Waals surface area contributed by atoms with Crippen LogP contribution in [0.15, 0.2) is 36.4 Å². The topological polar surface area (TPSA) is 96.0 Å². The molecule has 1 heterocycles. The van der Waals surface area contributed by atoms with Crippen LogP contribution in [-0.4, -0.2) is 28.6 Å². The highest BCUT2D eigenvalue weighted by atomic mass is 19.1. The molecule has 0 spiro atoms. The fraction of sp³-hybridized carbons (Fsp3) is 0.250. The van der Waals surface area contributed by atoms with E-state index in [1.165, 1.54) is 12.1 Å². The van der Waals surface area contributed by atoms with Crippen LogP contribution in [0.1, 0.15) is 33.6 Å². The zero-order valence-electron chi connectivity index (χ0n) is 12.8. The molecule has 0 unspecified atom stereocenters. The van der Waals surface area contributed by atoms with E-state index in [9.17, 15) is 14.0 Å². The quantitative estimate of drug-likeness (QED) is 0.698. The highest BCUT2D eigenvalue weighted by molar-refractivity contribution is 5.99. The normalized spacial score (nSPS) is 13.2. The molecule has 1 saturated carbocycles. The Balaban J connectivity index is 1.58. The van der Waals surface area contributed by atoms with Crippen molar-refractivity contribution in [2.24, 2.45) is 5.92 Å². The number of hydrogen-bond donors (Lipinski definition) is 3. The molecule has 3 N–H and O–H groups in total. The number of carbonyl (C=O) groups excluding carboxylic acids is 2. The van der Waals surface area contributed by atoms with Gasteiger partial charge in [-0.15, -0.1) is 10.2 Å². The van der Waals surface area contributed by atoms with Gasteiger partial charge in [-0.2, -0.15) is 4.39 Å². The van der Waals surface area contributed by atoms with E-state index in [1.807, 2.05) is 0 Å². The van der Waals surface area contributed by atoms with E-state index in [0.29, 0.717) is 23.6 Å². The lowest BCUT2D eigenvalue weighted by Crippen LogP contribution is -2.30. The van der Waals surface area contributed by atoms with Gasteiger partial charge in [0.05, 0.1) is 0 Å². The molecule has 2 aromatic rings. The predicted octanol–water partition coefficient (Wildman–Crippen LogP) is 1.51. The molecule has 1 aliphatic carbocycles. The van der Waals surface area contributed by atoms with Gasteiger partial charge in [-0.3, -0.25) is 20.4 Å². The van der Waals surface area contributed by atoms with E-state index < -0.39 is 11.9 Å². The second kappa shape index (κ2) is 7.03. The second-order valence-electron chi connectivity index (χ2n) is 5.55. The molecule has 7 nitrogen and oxygen atoms in total. The molecule has 1 fully saturated rings. The predicted molar refractivity (Wildman–Crippen MR) is 84.6 cm³/mol. The van der Waals surface area contributed by atoms with Crippen molar-refractivity contribution in [1.29, 1.82) is 0 Å². The third-order valence-electron chi connectivity index (χ3n) is 3.57. The highest BCUT2D eigenvalue weighted by Crippen LogP contribution is 2.27. The van der Waals surface area contributed by atoms with Crippen molar-refractivity contribution in [1.82, 2.24) is 20.9 Å². The number of amides is 2. The lowest BCUT2D eigenvalue weighted by molar-refractivity contribution is 0.0951. The summed E-state index contributed by atoms with van der Waals surface area (Å²) >= 11 is 0. The third-order valence-corrected chi connectivity index (χ3v) is 3.57. The van der Waals surface area contributed by atoms with Crippen LogP contribution in [0.2, 0.25) is 0 Å². The summed E-state index contributed by atoms with van der Waals surface area (Å²) in [7, 11) is 0. The van der Waals surface area contributed by atoms with Gasteiger partial charge >= 0.3 is 0 Å². The zero-order valence-corrected chi connectivity index (χ0v) is 12.8. The number of nitrogens with one attached hydrogen (secondary N) is 3. The summed E-state index contributed by atoms with van der Waals surface area (Å²) in [5, 5.41) is 9.60. The molecule has 3 rings (SSSR count). The Bertz CT molecular complexity index is 746. The minimum atomic E-state index is -0.711. The number of nitrogens with zero attached hydrogens (tertiary/aromatic N) is 2. The van der Waals surface area contributed by atoms with Crippen LogP contribution in [0.25, 0.3) is 0 Å². The van der Waals surface area contributed by atoms with Crippen molar-refractivity contribution >= 4 is 17.6 Å². The summed E-state index contributed by atoms with van der Waals surface area (Å²) in [4.78, 5) is 24.2. The first kappa shape index (κ1) is 15.9. The van der Waals surface area contributed by atoms with Crippen molar-refractivity contribution in [3.63, 3.8) is 0 Å². The van der Waals surface area contributed by atoms with Gasteiger partial charge in [0.25, 0.3) is 11.8 Å². The molecular weight excluding hydrogens is 313 g/mol. The molecule has 124 valence electrons. The number of benzene rings is 1. The van der Waals surface area contributed by atoms with Gasteiger partial charge in [-0.1, -0.05) is 6.07 Å². The minimum Gasteiger partial charge on any atom is -0.352 e. The molecule has 1 aromatic heterocycles. The summed E-state index contributed by atoms with van der Waals surface area (Å²) in [5.74, 6) is -0.576. The Labute approximate surface area is 137 Å². The molecule has 0 saturated heterocycles. The summed E-state index contributed by atoms with van der Waals surface area (Å²) < 4.78 is 12.7. The van der Waals surface area contributed by atoms with E-state index in [-0.39, 0.29) is 11.7 Å². The maximum atomic E-state index is 12.7. The minimum absolute atomic E-state index is 0.197. The maximum absolute atomic E-state index is 12.7. The van der Waals surface area contributed by atoms with Gasteiger partial charge in [0.15, 0.2) is 5.82 Å². The molecular formula is C16H16FN5O2. The molecule has 0 radical (unpaired) electrons.